The van der Waals surface area contributed by atoms with E-state index in [2.05, 4.69) is 0 Å². The first-order valence-corrected chi connectivity index (χ1v) is 14.6. The minimum absolute atomic E-state index is 0.116. The van der Waals surface area contributed by atoms with E-state index in [-0.39, 0.29) is 24.1 Å². The summed E-state index contributed by atoms with van der Waals surface area (Å²) in [4.78, 5) is 12.5. The van der Waals surface area contributed by atoms with Gasteiger partial charge in [-0.1, -0.05) is 54.1 Å². The van der Waals surface area contributed by atoms with Gasteiger partial charge >= 0.3 is 5.97 Å². The van der Waals surface area contributed by atoms with Gasteiger partial charge in [-0.25, -0.2) is 13.2 Å². The molecule has 5 rings (SSSR count). The summed E-state index contributed by atoms with van der Waals surface area (Å²) in [5.41, 5.74) is 3.51. The molecule has 5 aromatic rings. The lowest BCUT2D eigenvalue weighted by molar-refractivity contribution is 0.0378. The number of aromatic nitrogens is 1. The molecular weight excluding hydrogens is 524 g/mol. The molecule has 0 fully saturated rings. The molecule has 0 radical (unpaired) electrons. The SMILES string of the molecule is Cc1ccc(S(=O)(=O)N(CC(O)Cn2c3ccccc3c3ccccc32)c2ccc(C(=O)OC(C)C)cc2)cc1. The fraction of sp³-hybridized carbons (Fsp3) is 0.219. The third kappa shape index (κ3) is 5.46. The van der Waals surface area contributed by atoms with E-state index in [0.29, 0.717) is 11.3 Å². The van der Waals surface area contributed by atoms with E-state index in [1.54, 1.807) is 50.2 Å². The fourth-order valence-electron chi connectivity index (χ4n) is 4.89. The standard InChI is InChI=1S/C32H32N2O5S/c1-22(2)39-32(36)24-14-16-25(17-15-24)34(40(37,38)27-18-12-23(3)13-19-27)21-26(35)20-33-30-10-6-4-8-28(30)29-9-5-7-11-31(29)33/h4-19,22,26,35H,20-21H2,1-3H3. The zero-order chi connectivity index (χ0) is 28.4. The number of hydrogen-bond acceptors (Lipinski definition) is 5. The smallest absolute Gasteiger partial charge is 0.338 e. The van der Waals surface area contributed by atoms with Gasteiger partial charge in [-0.3, -0.25) is 4.31 Å². The van der Waals surface area contributed by atoms with Gasteiger partial charge in [0.05, 0.1) is 41.4 Å². The Labute approximate surface area is 234 Å². The molecule has 1 N–H and O–H groups in total. The van der Waals surface area contributed by atoms with E-state index in [0.717, 1.165) is 27.4 Å². The molecule has 0 spiro atoms. The van der Waals surface area contributed by atoms with Crippen molar-refractivity contribution in [3.05, 3.63) is 108 Å². The van der Waals surface area contributed by atoms with Gasteiger partial charge in [0, 0.05) is 21.8 Å². The zero-order valence-electron chi connectivity index (χ0n) is 22.7. The molecule has 0 bridgehead atoms. The number of para-hydroxylation sites is 2. The van der Waals surface area contributed by atoms with Gasteiger partial charge in [0.25, 0.3) is 10.0 Å². The van der Waals surface area contributed by atoms with Gasteiger partial charge in [-0.15, -0.1) is 0 Å². The van der Waals surface area contributed by atoms with Crippen molar-refractivity contribution in [3.8, 4) is 0 Å². The first-order chi connectivity index (χ1) is 19.1. The molecule has 0 amide bonds. The summed E-state index contributed by atoms with van der Waals surface area (Å²) in [6.45, 7) is 5.42. The number of rotatable bonds is 9. The van der Waals surface area contributed by atoms with Crippen LogP contribution in [0.5, 0.6) is 0 Å². The van der Waals surface area contributed by atoms with Crippen LogP contribution in [0.3, 0.4) is 0 Å². The van der Waals surface area contributed by atoms with Gasteiger partial charge in [0.2, 0.25) is 0 Å². The number of carbonyl (C=O) groups is 1. The van der Waals surface area contributed by atoms with Crippen molar-refractivity contribution < 1.29 is 23.1 Å². The predicted octanol–water partition coefficient (Wildman–Crippen LogP) is 5.92. The summed E-state index contributed by atoms with van der Waals surface area (Å²) in [6, 6.07) is 28.7. The van der Waals surface area contributed by atoms with Crippen molar-refractivity contribution in [2.24, 2.45) is 0 Å². The molecule has 1 atom stereocenters. The molecule has 1 unspecified atom stereocenters. The minimum Gasteiger partial charge on any atom is -0.459 e. The second kappa shape index (κ2) is 11.2. The Balaban J connectivity index is 1.50. The van der Waals surface area contributed by atoms with E-state index < -0.39 is 22.1 Å². The van der Waals surface area contributed by atoms with Crippen molar-refractivity contribution in [3.63, 3.8) is 0 Å². The van der Waals surface area contributed by atoms with Crippen LogP contribution < -0.4 is 4.31 Å². The van der Waals surface area contributed by atoms with Crippen LogP contribution in [0.2, 0.25) is 0 Å². The highest BCUT2D eigenvalue weighted by atomic mass is 32.2. The number of benzene rings is 4. The molecule has 4 aromatic carbocycles. The Morgan fingerprint density at radius 3 is 1.95 bits per heavy atom. The number of aliphatic hydroxyl groups is 1. The van der Waals surface area contributed by atoms with E-state index in [1.807, 2.05) is 60.0 Å². The number of carbonyl (C=O) groups excluding carboxylic acids is 1. The second-order valence-electron chi connectivity index (χ2n) is 10.1. The molecule has 0 saturated heterocycles. The van der Waals surface area contributed by atoms with Gasteiger partial charge in [-0.05, 0) is 69.3 Å². The topological polar surface area (TPSA) is 88.8 Å². The number of ether oxygens (including phenoxy) is 1. The van der Waals surface area contributed by atoms with Crippen molar-refractivity contribution >= 4 is 43.5 Å². The average molecular weight is 557 g/mol. The van der Waals surface area contributed by atoms with Crippen LogP contribution in [0.4, 0.5) is 5.69 Å². The normalized spacial score (nSPS) is 12.6. The maximum Gasteiger partial charge on any atom is 0.338 e. The quantitative estimate of drug-likeness (QED) is 0.228. The number of sulfonamides is 1. The van der Waals surface area contributed by atoms with Crippen LogP contribution in [0.15, 0.2) is 102 Å². The Hall–Kier alpha value is -4.14. The molecule has 1 heterocycles. The minimum atomic E-state index is -4.03. The highest BCUT2D eigenvalue weighted by molar-refractivity contribution is 7.92. The number of fused-ring (bicyclic) bond motifs is 3. The molecule has 0 aliphatic rings. The Morgan fingerprint density at radius 1 is 0.850 bits per heavy atom. The molecule has 1 aromatic heterocycles. The second-order valence-corrected chi connectivity index (χ2v) is 12.0. The van der Waals surface area contributed by atoms with Gasteiger partial charge in [-0.2, -0.15) is 0 Å². The number of aliphatic hydroxyl groups excluding tert-OH is 1. The molecule has 206 valence electrons. The van der Waals surface area contributed by atoms with Crippen LogP contribution in [0.1, 0.15) is 29.8 Å². The van der Waals surface area contributed by atoms with Gasteiger partial charge < -0.3 is 14.4 Å². The van der Waals surface area contributed by atoms with Crippen molar-refractivity contribution in [2.75, 3.05) is 10.8 Å². The molecule has 40 heavy (non-hydrogen) atoms. The summed E-state index contributed by atoms with van der Waals surface area (Å²) < 4.78 is 36.3. The lowest BCUT2D eigenvalue weighted by Gasteiger charge is -2.27. The van der Waals surface area contributed by atoms with Crippen LogP contribution >= 0.6 is 0 Å². The van der Waals surface area contributed by atoms with Crippen LogP contribution in [-0.2, 0) is 21.3 Å². The maximum absolute atomic E-state index is 13.9. The Morgan fingerprint density at radius 2 is 1.40 bits per heavy atom. The highest BCUT2D eigenvalue weighted by Crippen LogP contribution is 2.30. The van der Waals surface area contributed by atoms with E-state index in [9.17, 15) is 18.3 Å². The summed E-state index contributed by atoms with van der Waals surface area (Å²) >= 11 is 0. The molecule has 0 saturated carbocycles. The largest absolute Gasteiger partial charge is 0.459 e. The first kappa shape index (κ1) is 27.4. The summed E-state index contributed by atoms with van der Waals surface area (Å²) in [5, 5.41) is 13.5. The third-order valence-corrected chi connectivity index (χ3v) is 8.60. The lowest BCUT2D eigenvalue weighted by Crippen LogP contribution is -2.39. The van der Waals surface area contributed by atoms with Crippen LogP contribution in [-0.4, -0.2) is 42.8 Å². The lowest BCUT2D eigenvalue weighted by atomic mass is 10.2. The predicted molar refractivity (Wildman–Crippen MR) is 158 cm³/mol. The van der Waals surface area contributed by atoms with Crippen LogP contribution in [0, 0.1) is 6.92 Å². The van der Waals surface area contributed by atoms with Crippen molar-refractivity contribution in [2.45, 2.75) is 44.4 Å². The monoisotopic (exact) mass is 556 g/mol. The first-order valence-electron chi connectivity index (χ1n) is 13.2. The van der Waals surface area contributed by atoms with E-state index >= 15 is 0 Å². The zero-order valence-corrected chi connectivity index (χ0v) is 23.5. The number of hydrogen-bond donors (Lipinski definition) is 1. The number of nitrogens with zero attached hydrogens (tertiary/aromatic N) is 2. The summed E-state index contributed by atoms with van der Waals surface area (Å²) in [5.74, 6) is -0.485. The highest BCUT2D eigenvalue weighted by Gasteiger charge is 2.28. The maximum atomic E-state index is 13.9. The molecular formula is C32H32N2O5S. The van der Waals surface area contributed by atoms with Gasteiger partial charge in [0.1, 0.15) is 0 Å². The number of anilines is 1. The van der Waals surface area contributed by atoms with E-state index in [4.69, 9.17) is 4.74 Å². The molecule has 8 heteroatoms. The number of aryl methyl sites for hydroxylation is 1. The van der Waals surface area contributed by atoms with Crippen molar-refractivity contribution in [1.82, 2.24) is 4.57 Å². The third-order valence-electron chi connectivity index (χ3n) is 6.79. The van der Waals surface area contributed by atoms with Crippen molar-refractivity contribution in [1.29, 1.82) is 0 Å². The summed E-state index contributed by atoms with van der Waals surface area (Å²) in [7, 11) is -4.03. The molecule has 7 nitrogen and oxygen atoms in total. The fourth-order valence-corrected chi connectivity index (χ4v) is 6.39. The van der Waals surface area contributed by atoms with Gasteiger partial charge in [0.15, 0.2) is 0 Å². The molecule has 0 aliphatic heterocycles. The van der Waals surface area contributed by atoms with Crippen LogP contribution in [0.25, 0.3) is 21.8 Å². The Bertz CT molecular complexity index is 1700. The summed E-state index contributed by atoms with van der Waals surface area (Å²) in [6.07, 6.45) is -1.31. The Kier molecular flexibility index (Phi) is 7.65. The average Bonchev–Trinajstić information content (AvgIpc) is 3.25. The molecule has 0 aliphatic carbocycles. The van der Waals surface area contributed by atoms with E-state index in [1.165, 1.54) is 16.4 Å². The number of esters is 1.